The second kappa shape index (κ2) is 9.36. The van der Waals surface area contributed by atoms with Gasteiger partial charge in [-0.15, -0.1) is 4.28 Å². The summed E-state index contributed by atoms with van der Waals surface area (Å²) in [6.45, 7) is 7.73. The number of urea groups is 1. The van der Waals surface area contributed by atoms with Crippen molar-refractivity contribution < 1.29 is 36.4 Å². The summed E-state index contributed by atoms with van der Waals surface area (Å²) in [6, 6.07) is 0.316. The van der Waals surface area contributed by atoms with E-state index in [-0.39, 0.29) is 26.2 Å². The molecule has 33 heavy (non-hydrogen) atoms. The van der Waals surface area contributed by atoms with E-state index in [2.05, 4.69) is 19.9 Å². The summed E-state index contributed by atoms with van der Waals surface area (Å²) in [6.07, 6.45) is 2.75. The summed E-state index contributed by atoms with van der Waals surface area (Å²) >= 11 is 0. The maximum Gasteiger partial charge on any atom is 0.418 e. The molecule has 1 aromatic rings. The number of fused-ring (bicyclic) bond motifs is 2. The van der Waals surface area contributed by atoms with Gasteiger partial charge in [-0.25, -0.2) is 14.3 Å². The molecule has 3 amide bonds. The van der Waals surface area contributed by atoms with Crippen LogP contribution in [0, 0.1) is 0 Å². The van der Waals surface area contributed by atoms with Crippen LogP contribution in [0.25, 0.3) is 5.70 Å². The van der Waals surface area contributed by atoms with E-state index in [1.165, 1.54) is 9.58 Å². The van der Waals surface area contributed by atoms with E-state index in [0.717, 1.165) is 0 Å². The molecular weight excluding hydrogens is 460 g/mol. The van der Waals surface area contributed by atoms with Crippen molar-refractivity contribution in [3.8, 4) is 0 Å². The Morgan fingerprint density at radius 2 is 2.12 bits per heavy atom. The van der Waals surface area contributed by atoms with Crippen molar-refractivity contribution in [1.29, 1.82) is 0 Å². The zero-order valence-electron chi connectivity index (χ0n) is 18.6. The Morgan fingerprint density at radius 1 is 1.39 bits per heavy atom. The number of alkyl carbamates (subject to hydrolysis) is 1. The van der Waals surface area contributed by atoms with E-state index in [1.54, 1.807) is 46.0 Å². The quantitative estimate of drug-likeness (QED) is 0.234. The van der Waals surface area contributed by atoms with E-state index in [9.17, 15) is 18.0 Å². The second-order valence-corrected chi connectivity index (χ2v) is 9.31. The highest BCUT2D eigenvalue weighted by Crippen LogP contribution is 2.27. The number of carbonyl (C=O) groups excluding carboxylic acids is 2. The molecule has 1 unspecified atom stereocenters. The van der Waals surface area contributed by atoms with Gasteiger partial charge >= 0.3 is 22.5 Å². The standard InChI is InChI=1S/C18H26N6O8S/c1-12(21-30-8-6-19-16(25)31-18(2,3)4)15-5-7-23(20-15)13-9-14-11-22(10-13)17(26)24(14)32-33(27,28)29/h5,7,9,14H,6,8,10-11H2,1-4H3,(H,19,25)(H,27,28,29)/b21-12+. The average molecular weight is 487 g/mol. The molecule has 182 valence electrons. The highest BCUT2D eigenvalue weighted by Gasteiger charge is 2.43. The molecule has 15 heteroatoms. The Bertz CT molecular complexity index is 1070. The van der Waals surface area contributed by atoms with Crippen molar-refractivity contribution >= 4 is 33.9 Å². The number of nitrogens with zero attached hydrogens (tertiary/aromatic N) is 5. The SMILES string of the molecule is C/C(=N\OCCNC(=O)OC(C)(C)C)c1ccn(C2=CC3CN(C2)C(=O)N3OS(=O)(=O)O)n1. The van der Waals surface area contributed by atoms with E-state index in [0.29, 0.717) is 22.2 Å². The zero-order chi connectivity index (χ0) is 24.4. The lowest BCUT2D eigenvalue weighted by molar-refractivity contribution is -0.0183. The van der Waals surface area contributed by atoms with Crippen molar-refractivity contribution in [3.05, 3.63) is 24.0 Å². The van der Waals surface area contributed by atoms with Gasteiger partial charge in [0.25, 0.3) is 0 Å². The van der Waals surface area contributed by atoms with Crippen LogP contribution in [-0.4, -0.2) is 88.4 Å². The van der Waals surface area contributed by atoms with Crippen LogP contribution < -0.4 is 5.32 Å². The first kappa shape index (κ1) is 24.5. The Balaban J connectivity index is 1.56. The van der Waals surface area contributed by atoms with Gasteiger partial charge in [0.15, 0.2) is 0 Å². The fourth-order valence-electron chi connectivity index (χ4n) is 3.10. The van der Waals surface area contributed by atoms with Crippen LogP contribution in [0.2, 0.25) is 0 Å². The number of oxime groups is 1. The fraction of sp³-hybridized carbons (Fsp3) is 0.556. The number of hydrogen-bond donors (Lipinski definition) is 2. The largest absolute Gasteiger partial charge is 0.444 e. The van der Waals surface area contributed by atoms with Gasteiger partial charge in [-0.2, -0.15) is 18.6 Å². The fourth-order valence-corrected chi connectivity index (χ4v) is 3.48. The third kappa shape index (κ3) is 6.66. The predicted molar refractivity (Wildman–Crippen MR) is 114 cm³/mol. The molecule has 1 saturated heterocycles. The smallest absolute Gasteiger partial charge is 0.418 e. The van der Waals surface area contributed by atoms with Crippen LogP contribution in [0.4, 0.5) is 9.59 Å². The molecule has 0 aromatic carbocycles. The summed E-state index contributed by atoms with van der Waals surface area (Å²) in [4.78, 5) is 30.4. The third-order valence-electron chi connectivity index (χ3n) is 4.40. The number of hydrogen-bond acceptors (Lipinski definition) is 9. The Hall–Kier alpha value is -3.17. The summed E-state index contributed by atoms with van der Waals surface area (Å²) in [5.41, 5.74) is 1.03. The molecule has 0 spiro atoms. The van der Waals surface area contributed by atoms with Crippen molar-refractivity contribution in [2.75, 3.05) is 26.2 Å². The molecule has 2 aliphatic heterocycles. The first-order chi connectivity index (χ1) is 15.3. The Morgan fingerprint density at radius 3 is 2.79 bits per heavy atom. The molecule has 1 atom stereocenters. The minimum absolute atomic E-state index is 0.130. The van der Waals surface area contributed by atoms with Gasteiger partial charge in [-0.1, -0.05) is 5.16 Å². The highest BCUT2D eigenvalue weighted by molar-refractivity contribution is 7.80. The van der Waals surface area contributed by atoms with Gasteiger partial charge in [0.05, 0.1) is 18.8 Å². The van der Waals surface area contributed by atoms with E-state index in [4.69, 9.17) is 14.1 Å². The van der Waals surface area contributed by atoms with Gasteiger partial charge in [-0.05, 0) is 39.8 Å². The maximum absolute atomic E-state index is 12.3. The van der Waals surface area contributed by atoms with E-state index < -0.39 is 34.2 Å². The first-order valence-electron chi connectivity index (χ1n) is 9.98. The van der Waals surface area contributed by atoms with Crippen LogP contribution >= 0.6 is 0 Å². The van der Waals surface area contributed by atoms with Gasteiger partial charge in [0.1, 0.15) is 29.7 Å². The molecule has 0 radical (unpaired) electrons. The summed E-state index contributed by atoms with van der Waals surface area (Å²) in [5, 5.41) is 11.5. The normalized spacial score (nSPS) is 18.9. The second-order valence-electron chi connectivity index (χ2n) is 8.30. The molecule has 3 heterocycles. The van der Waals surface area contributed by atoms with Crippen molar-refractivity contribution in [2.45, 2.75) is 39.3 Å². The van der Waals surface area contributed by atoms with Crippen LogP contribution in [0.3, 0.4) is 0 Å². The van der Waals surface area contributed by atoms with Gasteiger partial charge < -0.3 is 19.8 Å². The molecule has 14 nitrogen and oxygen atoms in total. The summed E-state index contributed by atoms with van der Waals surface area (Å²) in [7, 11) is -4.83. The van der Waals surface area contributed by atoms with Crippen LogP contribution in [0.1, 0.15) is 33.4 Å². The Kier molecular flexibility index (Phi) is 6.94. The van der Waals surface area contributed by atoms with Crippen LogP contribution in [-0.2, 0) is 24.3 Å². The zero-order valence-corrected chi connectivity index (χ0v) is 19.4. The van der Waals surface area contributed by atoms with Crippen molar-refractivity contribution in [2.24, 2.45) is 5.16 Å². The van der Waals surface area contributed by atoms with Gasteiger partial charge in [-0.3, -0.25) is 4.55 Å². The average Bonchev–Trinajstić information content (AvgIpc) is 3.25. The lowest BCUT2D eigenvalue weighted by atomic mass is 10.2. The molecule has 2 aliphatic rings. The van der Waals surface area contributed by atoms with Gasteiger partial charge in [0.2, 0.25) is 0 Å². The summed E-state index contributed by atoms with van der Waals surface area (Å²) < 4.78 is 41.9. The molecule has 2 N–H and O–H groups in total. The minimum Gasteiger partial charge on any atom is -0.444 e. The highest BCUT2D eigenvalue weighted by atomic mass is 32.3. The Labute approximate surface area is 190 Å². The van der Waals surface area contributed by atoms with Gasteiger partial charge in [0, 0.05) is 12.7 Å². The van der Waals surface area contributed by atoms with Crippen molar-refractivity contribution in [3.63, 3.8) is 0 Å². The number of aromatic nitrogens is 2. The maximum atomic E-state index is 12.3. The summed E-state index contributed by atoms with van der Waals surface area (Å²) in [5.74, 6) is 0. The van der Waals surface area contributed by atoms with E-state index in [1.807, 2.05) is 0 Å². The molecule has 3 rings (SSSR count). The number of nitrogens with one attached hydrogen (secondary N) is 1. The lowest BCUT2D eigenvalue weighted by Gasteiger charge is -2.21. The molecule has 0 aliphatic carbocycles. The predicted octanol–water partition coefficient (Wildman–Crippen LogP) is 0.844. The topological polar surface area (TPSA) is 165 Å². The molecule has 1 aromatic heterocycles. The lowest BCUT2D eigenvalue weighted by Crippen LogP contribution is -2.35. The molecule has 2 bridgehead atoms. The number of rotatable bonds is 8. The number of ether oxygens (including phenoxy) is 1. The molecule has 1 fully saturated rings. The number of carbonyl (C=O) groups is 2. The third-order valence-corrected chi connectivity index (χ3v) is 4.75. The number of hydroxylamine groups is 2. The molecule has 0 saturated carbocycles. The van der Waals surface area contributed by atoms with Crippen LogP contribution in [0.5, 0.6) is 0 Å². The first-order valence-corrected chi connectivity index (χ1v) is 11.3. The van der Waals surface area contributed by atoms with Crippen LogP contribution in [0.15, 0.2) is 23.5 Å². The minimum atomic E-state index is -4.83. The van der Waals surface area contributed by atoms with E-state index >= 15 is 0 Å². The molecular formula is C18H26N6O8S. The van der Waals surface area contributed by atoms with Crippen molar-refractivity contribution in [1.82, 2.24) is 25.1 Å². The number of amides is 3. The monoisotopic (exact) mass is 486 g/mol.